The third-order valence-electron chi connectivity index (χ3n) is 2.33. The molecule has 1 atom stereocenters. The zero-order valence-corrected chi connectivity index (χ0v) is 9.46. The van der Waals surface area contributed by atoms with Crippen LogP contribution >= 0.6 is 0 Å². The predicted octanol–water partition coefficient (Wildman–Crippen LogP) is 1.82. The van der Waals surface area contributed by atoms with E-state index in [1.54, 1.807) is 19.2 Å². The van der Waals surface area contributed by atoms with Crippen LogP contribution in [0.5, 0.6) is 0 Å². The number of nitrogens with zero attached hydrogens (tertiary/aromatic N) is 1. The van der Waals surface area contributed by atoms with Gasteiger partial charge in [-0.05, 0) is 19.1 Å². The normalized spacial score (nSPS) is 12.1. The molecule has 1 aromatic carbocycles. The van der Waals surface area contributed by atoms with Crippen molar-refractivity contribution in [2.24, 2.45) is 0 Å². The summed E-state index contributed by atoms with van der Waals surface area (Å²) in [7, 11) is 1.63. The molecule has 86 valence electrons. The highest BCUT2D eigenvalue weighted by atomic mass is 19.1. The minimum atomic E-state index is -0.350. The molecule has 0 aliphatic heterocycles. The van der Waals surface area contributed by atoms with Crippen molar-refractivity contribution in [2.45, 2.75) is 19.6 Å². The zero-order valence-electron chi connectivity index (χ0n) is 9.46. The standard InChI is InChI=1S/C12H15FN2O/c1-9(16-2)7-15-8-11-4-3-10(6-14)5-12(11)13/h3-5,9,15H,7-8H2,1-2H3. The van der Waals surface area contributed by atoms with Gasteiger partial charge in [-0.15, -0.1) is 0 Å². The number of hydrogen-bond acceptors (Lipinski definition) is 3. The average molecular weight is 222 g/mol. The molecule has 0 aromatic heterocycles. The first-order valence-electron chi connectivity index (χ1n) is 5.09. The first-order valence-corrected chi connectivity index (χ1v) is 5.09. The molecule has 0 saturated carbocycles. The SMILES string of the molecule is COC(C)CNCc1ccc(C#N)cc1F. The Hall–Kier alpha value is -1.44. The van der Waals surface area contributed by atoms with E-state index >= 15 is 0 Å². The third kappa shape index (κ3) is 3.61. The minimum Gasteiger partial charge on any atom is -0.380 e. The van der Waals surface area contributed by atoms with E-state index in [-0.39, 0.29) is 11.9 Å². The number of nitrogens with one attached hydrogen (secondary N) is 1. The molecular weight excluding hydrogens is 207 g/mol. The molecule has 1 unspecified atom stereocenters. The number of rotatable bonds is 5. The largest absolute Gasteiger partial charge is 0.380 e. The van der Waals surface area contributed by atoms with E-state index in [1.807, 2.05) is 13.0 Å². The van der Waals surface area contributed by atoms with Crippen LogP contribution in [0.4, 0.5) is 4.39 Å². The molecule has 0 radical (unpaired) electrons. The monoisotopic (exact) mass is 222 g/mol. The Kier molecular flexibility index (Phi) is 4.90. The maximum atomic E-state index is 13.4. The number of hydrogen-bond donors (Lipinski definition) is 1. The molecule has 0 heterocycles. The van der Waals surface area contributed by atoms with Crippen molar-refractivity contribution in [3.63, 3.8) is 0 Å². The summed E-state index contributed by atoms with van der Waals surface area (Å²) in [5, 5.41) is 11.7. The van der Waals surface area contributed by atoms with Crippen LogP contribution in [-0.4, -0.2) is 19.8 Å². The van der Waals surface area contributed by atoms with E-state index in [0.29, 0.717) is 24.2 Å². The second-order valence-electron chi connectivity index (χ2n) is 3.60. The number of methoxy groups -OCH3 is 1. The Labute approximate surface area is 94.8 Å². The molecular formula is C12H15FN2O. The van der Waals surface area contributed by atoms with Crippen LogP contribution in [0.25, 0.3) is 0 Å². The van der Waals surface area contributed by atoms with Gasteiger partial charge in [0.1, 0.15) is 5.82 Å². The third-order valence-corrected chi connectivity index (χ3v) is 2.33. The van der Waals surface area contributed by atoms with Crippen molar-refractivity contribution in [1.29, 1.82) is 5.26 Å². The topological polar surface area (TPSA) is 45.0 Å². The van der Waals surface area contributed by atoms with Gasteiger partial charge in [0, 0.05) is 25.8 Å². The lowest BCUT2D eigenvalue weighted by Crippen LogP contribution is -2.25. The minimum absolute atomic E-state index is 0.0986. The quantitative estimate of drug-likeness (QED) is 0.826. The molecule has 0 spiro atoms. The van der Waals surface area contributed by atoms with Crippen molar-refractivity contribution in [3.8, 4) is 6.07 Å². The van der Waals surface area contributed by atoms with Gasteiger partial charge in [-0.1, -0.05) is 6.07 Å². The molecule has 4 heteroatoms. The Bertz CT molecular complexity index is 387. The molecule has 0 aliphatic carbocycles. The Morgan fingerprint density at radius 2 is 2.31 bits per heavy atom. The highest BCUT2D eigenvalue weighted by Crippen LogP contribution is 2.09. The predicted molar refractivity (Wildman–Crippen MR) is 59.3 cm³/mol. The fourth-order valence-electron chi connectivity index (χ4n) is 1.25. The second kappa shape index (κ2) is 6.21. The molecule has 0 bridgehead atoms. The highest BCUT2D eigenvalue weighted by Gasteiger charge is 2.04. The maximum Gasteiger partial charge on any atom is 0.129 e. The molecule has 1 rings (SSSR count). The van der Waals surface area contributed by atoms with Crippen LogP contribution in [0.1, 0.15) is 18.1 Å². The average Bonchev–Trinajstić information content (AvgIpc) is 2.30. The van der Waals surface area contributed by atoms with E-state index < -0.39 is 0 Å². The maximum absolute atomic E-state index is 13.4. The van der Waals surface area contributed by atoms with Crippen LogP contribution in [0.15, 0.2) is 18.2 Å². The summed E-state index contributed by atoms with van der Waals surface area (Å²) in [6, 6.07) is 6.38. The summed E-state index contributed by atoms with van der Waals surface area (Å²) >= 11 is 0. The molecule has 1 N–H and O–H groups in total. The summed E-state index contributed by atoms with van der Waals surface area (Å²) in [4.78, 5) is 0. The summed E-state index contributed by atoms with van der Waals surface area (Å²) in [5.74, 6) is -0.350. The number of benzene rings is 1. The number of ether oxygens (including phenoxy) is 1. The van der Waals surface area contributed by atoms with Crippen molar-refractivity contribution >= 4 is 0 Å². The molecule has 3 nitrogen and oxygen atoms in total. The lowest BCUT2D eigenvalue weighted by molar-refractivity contribution is 0.117. The molecule has 16 heavy (non-hydrogen) atoms. The zero-order chi connectivity index (χ0) is 12.0. The number of halogens is 1. The highest BCUT2D eigenvalue weighted by molar-refractivity contribution is 5.32. The lowest BCUT2D eigenvalue weighted by atomic mass is 10.1. The number of nitriles is 1. The van der Waals surface area contributed by atoms with Gasteiger partial charge in [-0.2, -0.15) is 5.26 Å². The van der Waals surface area contributed by atoms with Crippen molar-refractivity contribution in [2.75, 3.05) is 13.7 Å². The van der Waals surface area contributed by atoms with Crippen molar-refractivity contribution < 1.29 is 9.13 Å². The second-order valence-corrected chi connectivity index (χ2v) is 3.60. The van der Waals surface area contributed by atoms with Gasteiger partial charge in [0.05, 0.1) is 17.7 Å². The van der Waals surface area contributed by atoms with Crippen LogP contribution in [0, 0.1) is 17.1 Å². The van der Waals surface area contributed by atoms with Gasteiger partial charge in [0.25, 0.3) is 0 Å². The van der Waals surface area contributed by atoms with E-state index in [1.165, 1.54) is 6.07 Å². The lowest BCUT2D eigenvalue weighted by Gasteiger charge is -2.11. The van der Waals surface area contributed by atoms with Gasteiger partial charge in [0.15, 0.2) is 0 Å². The molecule has 0 fully saturated rings. The van der Waals surface area contributed by atoms with Gasteiger partial charge in [-0.3, -0.25) is 0 Å². The Morgan fingerprint density at radius 1 is 1.56 bits per heavy atom. The van der Waals surface area contributed by atoms with E-state index in [9.17, 15) is 4.39 Å². The van der Waals surface area contributed by atoms with Crippen molar-refractivity contribution in [1.82, 2.24) is 5.32 Å². The van der Waals surface area contributed by atoms with Crippen LogP contribution in [-0.2, 0) is 11.3 Å². The van der Waals surface area contributed by atoms with Crippen LogP contribution < -0.4 is 5.32 Å². The molecule has 0 amide bonds. The fourth-order valence-corrected chi connectivity index (χ4v) is 1.25. The van der Waals surface area contributed by atoms with E-state index in [4.69, 9.17) is 10.00 Å². The van der Waals surface area contributed by atoms with Crippen LogP contribution in [0.2, 0.25) is 0 Å². The fraction of sp³-hybridized carbons (Fsp3) is 0.417. The first kappa shape index (κ1) is 12.6. The van der Waals surface area contributed by atoms with Gasteiger partial charge in [0.2, 0.25) is 0 Å². The smallest absolute Gasteiger partial charge is 0.129 e. The molecule has 0 aliphatic rings. The van der Waals surface area contributed by atoms with E-state index in [0.717, 1.165) is 0 Å². The summed E-state index contributed by atoms with van der Waals surface area (Å²) < 4.78 is 18.5. The Balaban J connectivity index is 2.52. The Morgan fingerprint density at radius 3 is 2.88 bits per heavy atom. The van der Waals surface area contributed by atoms with Crippen molar-refractivity contribution in [3.05, 3.63) is 35.1 Å². The summed E-state index contributed by atoms with van der Waals surface area (Å²) in [6.07, 6.45) is 0.0986. The van der Waals surface area contributed by atoms with Gasteiger partial charge < -0.3 is 10.1 Å². The van der Waals surface area contributed by atoms with Crippen LogP contribution in [0.3, 0.4) is 0 Å². The van der Waals surface area contributed by atoms with Gasteiger partial charge >= 0.3 is 0 Å². The summed E-state index contributed by atoms with van der Waals surface area (Å²) in [5.41, 5.74) is 0.897. The first-order chi connectivity index (χ1) is 7.67. The van der Waals surface area contributed by atoms with Gasteiger partial charge in [-0.25, -0.2) is 4.39 Å². The summed E-state index contributed by atoms with van der Waals surface area (Å²) in [6.45, 7) is 3.03. The molecule has 0 saturated heterocycles. The van der Waals surface area contributed by atoms with E-state index in [2.05, 4.69) is 5.32 Å². The molecule has 1 aromatic rings.